The first-order valence-corrected chi connectivity index (χ1v) is 8.75. The minimum Gasteiger partial charge on any atom is -0.496 e. The first-order valence-electron chi connectivity index (χ1n) is 8.75. The van der Waals surface area contributed by atoms with Crippen molar-refractivity contribution in [1.82, 2.24) is 0 Å². The van der Waals surface area contributed by atoms with Crippen LogP contribution in [0.1, 0.15) is 43.7 Å². The molecule has 0 saturated carbocycles. The number of methoxy groups -OCH3 is 1. The van der Waals surface area contributed by atoms with Crippen molar-refractivity contribution in [3.8, 4) is 5.75 Å². The molecule has 1 aliphatic carbocycles. The molecule has 1 atom stereocenters. The smallest absolute Gasteiger partial charge is 0.162 e. The second kappa shape index (κ2) is 5.76. The average Bonchev–Trinajstić information content (AvgIpc) is 2.59. The van der Waals surface area contributed by atoms with Crippen molar-refractivity contribution in [2.45, 2.75) is 32.6 Å². The van der Waals surface area contributed by atoms with E-state index in [1.54, 1.807) is 7.11 Å². The molecule has 3 heteroatoms. The molecule has 1 heterocycles. The second-order valence-electron chi connectivity index (χ2n) is 7.72. The highest BCUT2D eigenvalue weighted by Crippen LogP contribution is 2.50. The van der Waals surface area contributed by atoms with Gasteiger partial charge in [0.05, 0.1) is 7.11 Å². The van der Waals surface area contributed by atoms with Gasteiger partial charge in [-0.05, 0) is 29.5 Å². The van der Waals surface area contributed by atoms with Crippen LogP contribution < -0.4 is 10.1 Å². The van der Waals surface area contributed by atoms with Gasteiger partial charge in [0.2, 0.25) is 0 Å². The maximum atomic E-state index is 13.1. The standard InChI is InChI=1S/C22H23NO2/c1-22(2)12-17-21(18(24)13-22)20(14-8-4-6-10-16(14)23-17)15-9-5-7-11-19(15)25-3/h4-11,20,23H,12-13H2,1-3H3. The van der Waals surface area contributed by atoms with Crippen molar-refractivity contribution in [2.24, 2.45) is 5.41 Å². The van der Waals surface area contributed by atoms with Crippen molar-refractivity contribution in [3.63, 3.8) is 0 Å². The molecular formula is C22H23NO2. The van der Waals surface area contributed by atoms with E-state index >= 15 is 0 Å². The molecule has 1 N–H and O–H groups in total. The fraction of sp³-hybridized carbons (Fsp3) is 0.318. The third-order valence-corrected chi connectivity index (χ3v) is 5.22. The molecule has 0 fully saturated rings. The summed E-state index contributed by atoms with van der Waals surface area (Å²) in [5.41, 5.74) is 5.24. The summed E-state index contributed by atoms with van der Waals surface area (Å²) in [6, 6.07) is 16.3. The van der Waals surface area contributed by atoms with E-state index in [-0.39, 0.29) is 17.1 Å². The Hall–Kier alpha value is -2.55. The van der Waals surface area contributed by atoms with Crippen LogP contribution in [0.2, 0.25) is 0 Å². The Labute approximate surface area is 148 Å². The van der Waals surface area contributed by atoms with E-state index in [1.165, 1.54) is 0 Å². The Morgan fingerprint density at radius 2 is 1.68 bits per heavy atom. The van der Waals surface area contributed by atoms with Gasteiger partial charge in [0.15, 0.2) is 5.78 Å². The number of carbonyl (C=O) groups is 1. The monoisotopic (exact) mass is 333 g/mol. The summed E-state index contributed by atoms with van der Waals surface area (Å²) >= 11 is 0. The number of hydrogen-bond acceptors (Lipinski definition) is 3. The Balaban J connectivity index is 1.96. The maximum absolute atomic E-state index is 13.1. The highest BCUT2D eigenvalue weighted by atomic mass is 16.5. The number of rotatable bonds is 2. The third kappa shape index (κ3) is 2.64. The van der Waals surface area contributed by atoms with Gasteiger partial charge in [0.25, 0.3) is 0 Å². The Kier molecular flexibility index (Phi) is 3.68. The van der Waals surface area contributed by atoms with Crippen LogP contribution in [0.3, 0.4) is 0 Å². The van der Waals surface area contributed by atoms with Gasteiger partial charge < -0.3 is 10.1 Å². The van der Waals surface area contributed by atoms with Gasteiger partial charge in [-0.15, -0.1) is 0 Å². The molecule has 0 radical (unpaired) electrons. The molecule has 0 aromatic heterocycles. The molecule has 0 amide bonds. The van der Waals surface area contributed by atoms with Crippen LogP contribution in [0.15, 0.2) is 59.8 Å². The topological polar surface area (TPSA) is 38.3 Å². The fourth-order valence-electron chi connectivity index (χ4n) is 4.19. The van der Waals surface area contributed by atoms with E-state index in [9.17, 15) is 4.79 Å². The largest absolute Gasteiger partial charge is 0.496 e. The fourth-order valence-corrected chi connectivity index (χ4v) is 4.19. The number of Topliss-reactive ketones (excluding diaryl/α,β-unsaturated/α-hetero) is 1. The molecule has 1 unspecified atom stereocenters. The number of allylic oxidation sites excluding steroid dienone is 2. The summed E-state index contributed by atoms with van der Waals surface area (Å²) in [5, 5.41) is 3.54. The highest BCUT2D eigenvalue weighted by Gasteiger charge is 2.41. The van der Waals surface area contributed by atoms with Crippen molar-refractivity contribution < 1.29 is 9.53 Å². The lowest BCUT2D eigenvalue weighted by molar-refractivity contribution is -0.118. The molecule has 25 heavy (non-hydrogen) atoms. The normalized spacial score (nSPS) is 21.2. The van der Waals surface area contributed by atoms with Crippen LogP contribution >= 0.6 is 0 Å². The van der Waals surface area contributed by atoms with Gasteiger partial charge in [-0.2, -0.15) is 0 Å². The van der Waals surface area contributed by atoms with E-state index in [4.69, 9.17) is 4.74 Å². The van der Waals surface area contributed by atoms with Crippen LogP contribution in [0.5, 0.6) is 5.75 Å². The van der Waals surface area contributed by atoms with Gasteiger partial charge in [-0.3, -0.25) is 4.79 Å². The summed E-state index contributed by atoms with van der Waals surface area (Å²) in [7, 11) is 1.69. The zero-order chi connectivity index (χ0) is 17.6. The zero-order valence-corrected chi connectivity index (χ0v) is 14.9. The van der Waals surface area contributed by atoms with E-state index in [2.05, 4.69) is 37.4 Å². The van der Waals surface area contributed by atoms with Crippen molar-refractivity contribution in [3.05, 3.63) is 70.9 Å². The van der Waals surface area contributed by atoms with Crippen molar-refractivity contribution in [2.75, 3.05) is 12.4 Å². The van der Waals surface area contributed by atoms with Crippen LogP contribution in [0, 0.1) is 5.41 Å². The Bertz CT molecular complexity index is 879. The van der Waals surface area contributed by atoms with Crippen LogP contribution in [-0.2, 0) is 4.79 Å². The third-order valence-electron chi connectivity index (χ3n) is 5.22. The molecule has 2 aromatic carbocycles. The summed E-state index contributed by atoms with van der Waals surface area (Å²) < 4.78 is 5.62. The lowest BCUT2D eigenvalue weighted by Crippen LogP contribution is -2.33. The lowest BCUT2D eigenvalue weighted by Gasteiger charge is -2.39. The zero-order valence-electron chi connectivity index (χ0n) is 14.9. The number of ketones is 1. The predicted molar refractivity (Wildman–Crippen MR) is 99.9 cm³/mol. The summed E-state index contributed by atoms with van der Waals surface area (Å²) in [4.78, 5) is 13.1. The van der Waals surface area contributed by atoms with Crippen LogP contribution in [0.25, 0.3) is 0 Å². The molecule has 0 bridgehead atoms. The Morgan fingerprint density at radius 1 is 1.00 bits per heavy atom. The molecule has 0 spiro atoms. The molecule has 2 aliphatic rings. The highest BCUT2D eigenvalue weighted by molar-refractivity contribution is 6.01. The predicted octanol–water partition coefficient (Wildman–Crippen LogP) is 4.90. The van der Waals surface area contributed by atoms with Crippen LogP contribution in [-0.4, -0.2) is 12.9 Å². The molecule has 4 rings (SSSR count). The number of ether oxygens (including phenoxy) is 1. The van der Waals surface area contributed by atoms with E-state index in [0.717, 1.165) is 40.3 Å². The first kappa shape index (κ1) is 15.9. The lowest BCUT2D eigenvalue weighted by atomic mass is 9.68. The molecule has 2 aromatic rings. The van der Waals surface area contributed by atoms with Gasteiger partial charge in [0, 0.05) is 34.9 Å². The minimum absolute atomic E-state index is 0.0134. The van der Waals surface area contributed by atoms with Crippen LogP contribution in [0.4, 0.5) is 5.69 Å². The quantitative estimate of drug-likeness (QED) is 0.850. The number of benzene rings is 2. The number of para-hydroxylation sites is 2. The van der Waals surface area contributed by atoms with Gasteiger partial charge >= 0.3 is 0 Å². The number of fused-ring (bicyclic) bond motifs is 1. The van der Waals surface area contributed by atoms with Gasteiger partial charge in [0.1, 0.15) is 5.75 Å². The first-order chi connectivity index (χ1) is 12.0. The molecule has 3 nitrogen and oxygen atoms in total. The Morgan fingerprint density at radius 3 is 2.44 bits per heavy atom. The molecule has 1 aliphatic heterocycles. The molecule has 0 saturated heterocycles. The van der Waals surface area contributed by atoms with Crippen molar-refractivity contribution >= 4 is 11.5 Å². The van der Waals surface area contributed by atoms with Gasteiger partial charge in [-0.25, -0.2) is 0 Å². The SMILES string of the molecule is COc1ccccc1C1C2=C(CC(C)(C)CC2=O)Nc2ccccc21. The summed E-state index contributed by atoms with van der Waals surface area (Å²) in [5.74, 6) is 0.991. The summed E-state index contributed by atoms with van der Waals surface area (Å²) in [6.45, 7) is 4.32. The van der Waals surface area contributed by atoms with Gasteiger partial charge in [-0.1, -0.05) is 50.2 Å². The van der Waals surface area contributed by atoms with Crippen molar-refractivity contribution in [1.29, 1.82) is 0 Å². The number of carbonyl (C=O) groups excluding carboxylic acids is 1. The molecule has 128 valence electrons. The number of hydrogen-bond donors (Lipinski definition) is 1. The second-order valence-corrected chi connectivity index (χ2v) is 7.72. The van der Waals surface area contributed by atoms with E-state index in [1.807, 2.05) is 30.3 Å². The maximum Gasteiger partial charge on any atom is 0.162 e. The van der Waals surface area contributed by atoms with E-state index in [0.29, 0.717) is 6.42 Å². The summed E-state index contributed by atoms with van der Waals surface area (Å²) in [6.07, 6.45) is 1.47. The number of anilines is 1. The average molecular weight is 333 g/mol. The van der Waals surface area contributed by atoms with E-state index < -0.39 is 0 Å². The molecular weight excluding hydrogens is 310 g/mol. The minimum atomic E-state index is -0.0767. The number of nitrogens with one attached hydrogen (secondary N) is 1.